The number of alkyl halides is 4. The first-order valence-corrected chi connectivity index (χ1v) is 5.17. The Morgan fingerprint density at radius 1 is 1.50 bits per heavy atom. The lowest BCUT2D eigenvalue weighted by atomic mass is 9.98. The van der Waals surface area contributed by atoms with E-state index in [4.69, 9.17) is 16.9 Å². The summed E-state index contributed by atoms with van der Waals surface area (Å²) >= 11 is 5.43. The smallest absolute Gasteiger partial charge is 0.417 e. The van der Waals surface area contributed by atoms with Gasteiger partial charge in [-0.2, -0.15) is 18.4 Å². The summed E-state index contributed by atoms with van der Waals surface area (Å²) in [5, 5.41) is 8.74. The number of nitriles is 1. The van der Waals surface area contributed by atoms with Crippen molar-refractivity contribution < 1.29 is 22.7 Å². The van der Waals surface area contributed by atoms with Gasteiger partial charge in [-0.3, -0.25) is 0 Å². The van der Waals surface area contributed by atoms with Crippen LogP contribution in [0.25, 0.3) is 0 Å². The molecule has 0 amide bonds. The zero-order valence-corrected chi connectivity index (χ0v) is 9.89. The third-order valence-corrected chi connectivity index (χ3v) is 2.48. The highest BCUT2D eigenvalue weighted by molar-refractivity contribution is 6.17. The maximum absolute atomic E-state index is 12.8. The lowest BCUT2D eigenvalue weighted by molar-refractivity contribution is -0.138. The molecule has 7 heteroatoms. The number of halogens is 4. The van der Waals surface area contributed by atoms with Crippen LogP contribution in [0, 0.1) is 11.3 Å². The number of rotatable bonds is 2. The first-order chi connectivity index (χ1) is 8.35. The standard InChI is InChI=1S/C11H7ClF3NO2/c1-18-10(17)6-2-7(4-12)9(11(13,14)15)8(3-6)5-16/h2-3H,4H2,1H3. The molecule has 18 heavy (non-hydrogen) atoms. The van der Waals surface area contributed by atoms with Crippen LogP contribution in [-0.2, 0) is 16.8 Å². The number of carbonyl (C=O) groups is 1. The second kappa shape index (κ2) is 5.27. The van der Waals surface area contributed by atoms with Crippen LogP contribution in [0.15, 0.2) is 12.1 Å². The minimum atomic E-state index is -4.70. The van der Waals surface area contributed by atoms with Crippen molar-refractivity contribution in [3.63, 3.8) is 0 Å². The summed E-state index contributed by atoms with van der Waals surface area (Å²) < 4.78 is 42.7. The van der Waals surface area contributed by atoms with Crippen molar-refractivity contribution in [3.8, 4) is 6.07 Å². The molecule has 0 heterocycles. The molecule has 0 aromatic heterocycles. The molecule has 1 rings (SSSR count). The Labute approximate surface area is 106 Å². The van der Waals surface area contributed by atoms with Crippen LogP contribution < -0.4 is 0 Å². The van der Waals surface area contributed by atoms with Crippen LogP contribution in [0.2, 0.25) is 0 Å². The Kier molecular flexibility index (Phi) is 4.19. The second-order valence-corrected chi connectivity index (χ2v) is 3.56. The van der Waals surface area contributed by atoms with Crippen molar-refractivity contribution >= 4 is 17.6 Å². The average Bonchev–Trinajstić information content (AvgIpc) is 2.34. The topological polar surface area (TPSA) is 50.1 Å². The maximum Gasteiger partial charge on any atom is 0.417 e. The molecule has 0 atom stereocenters. The van der Waals surface area contributed by atoms with Gasteiger partial charge in [0.15, 0.2) is 0 Å². The first-order valence-electron chi connectivity index (χ1n) is 4.63. The largest absolute Gasteiger partial charge is 0.465 e. The lowest BCUT2D eigenvalue weighted by Gasteiger charge is -2.14. The van der Waals surface area contributed by atoms with Crippen LogP contribution in [0.4, 0.5) is 13.2 Å². The van der Waals surface area contributed by atoms with E-state index in [2.05, 4.69) is 4.74 Å². The zero-order valence-electron chi connectivity index (χ0n) is 9.14. The SMILES string of the molecule is COC(=O)c1cc(C#N)c(C(F)(F)F)c(CCl)c1. The summed E-state index contributed by atoms with van der Waals surface area (Å²) in [5.41, 5.74) is -2.24. The normalized spacial score (nSPS) is 10.9. The number of nitrogens with zero attached hydrogens (tertiary/aromatic N) is 1. The summed E-state index contributed by atoms with van der Waals surface area (Å²) in [4.78, 5) is 11.3. The van der Waals surface area contributed by atoms with Crippen molar-refractivity contribution in [2.75, 3.05) is 7.11 Å². The van der Waals surface area contributed by atoms with Gasteiger partial charge in [-0.25, -0.2) is 4.79 Å². The zero-order chi connectivity index (χ0) is 13.9. The predicted molar refractivity (Wildman–Crippen MR) is 57.1 cm³/mol. The van der Waals surface area contributed by atoms with E-state index in [1.54, 1.807) is 0 Å². The molecule has 0 aliphatic rings. The Bertz CT molecular complexity index is 520. The van der Waals surface area contributed by atoms with Crippen molar-refractivity contribution in [1.82, 2.24) is 0 Å². The minimum Gasteiger partial charge on any atom is -0.465 e. The van der Waals surface area contributed by atoms with Gasteiger partial charge in [0.1, 0.15) is 0 Å². The molecular formula is C11H7ClF3NO2. The molecule has 0 aliphatic heterocycles. The molecule has 0 aliphatic carbocycles. The van der Waals surface area contributed by atoms with Gasteiger partial charge in [0.2, 0.25) is 0 Å². The van der Waals surface area contributed by atoms with Crippen molar-refractivity contribution in [2.45, 2.75) is 12.1 Å². The molecule has 96 valence electrons. The van der Waals surface area contributed by atoms with E-state index in [0.29, 0.717) is 0 Å². The van der Waals surface area contributed by atoms with Gasteiger partial charge in [-0.1, -0.05) is 0 Å². The van der Waals surface area contributed by atoms with Gasteiger partial charge < -0.3 is 4.74 Å². The fourth-order valence-electron chi connectivity index (χ4n) is 1.47. The molecule has 0 N–H and O–H groups in total. The maximum atomic E-state index is 12.8. The van der Waals surface area contributed by atoms with E-state index in [-0.39, 0.29) is 11.1 Å². The van der Waals surface area contributed by atoms with Gasteiger partial charge in [-0.15, -0.1) is 11.6 Å². The van der Waals surface area contributed by atoms with E-state index in [1.165, 1.54) is 6.07 Å². The van der Waals surface area contributed by atoms with E-state index < -0.39 is 29.2 Å². The van der Waals surface area contributed by atoms with E-state index >= 15 is 0 Å². The molecule has 1 aromatic carbocycles. The highest BCUT2D eigenvalue weighted by Gasteiger charge is 2.36. The number of carbonyl (C=O) groups excluding carboxylic acids is 1. The van der Waals surface area contributed by atoms with Crippen LogP contribution in [0.3, 0.4) is 0 Å². The molecule has 0 fully saturated rings. The van der Waals surface area contributed by atoms with Crippen molar-refractivity contribution in [1.29, 1.82) is 5.26 Å². The first kappa shape index (κ1) is 14.3. The summed E-state index contributed by atoms with van der Waals surface area (Å²) in [5.74, 6) is -1.29. The molecular weight excluding hydrogens is 271 g/mol. The summed E-state index contributed by atoms with van der Waals surface area (Å²) in [6.45, 7) is 0. The average molecular weight is 278 g/mol. The second-order valence-electron chi connectivity index (χ2n) is 3.29. The number of hydrogen-bond acceptors (Lipinski definition) is 3. The molecule has 0 saturated carbocycles. The van der Waals surface area contributed by atoms with Gasteiger partial charge in [-0.05, 0) is 17.7 Å². The number of ether oxygens (including phenoxy) is 1. The summed E-state index contributed by atoms with van der Waals surface area (Å²) in [7, 11) is 1.09. The summed E-state index contributed by atoms with van der Waals surface area (Å²) in [6, 6.07) is 3.22. The quantitative estimate of drug-likeness (QED) is 0.616. The molecule has 1 aromatic rings. The Hall–Kier alpha value is -1.74. The van der Waals surface area contributed by atoms with Crippen molar-refractivity contribution in [2.24, 2.45) is 0 Å². The monoisotopic (exact) mass is 277 g/mol. The Morgan fingerprint density at radius 2 is 2.11 bits per heavy atom. The van der Waals surface area contributed by atoms with Gasteiger partial charge in [0.25, 0.3) is 0 Å². The third-order valence-electron chi connectivity index (χ3n) is 2.19. The third kappa shape index (κ3) is 2.74. The molecule has 0 unspecified atom stereocenters. The number of methoxy groups -OCH3 is 1. The number of benzene rings is 1. The Morgan fingerprint density at radius 3 is 2.50 bits per heavy atom. The van der Waals surface area contributed by atoms with Gasteiger partial charge in [0.05, 0.1) is 29.9 Å². The molecule has 0 spiro atoms. The van der Waals surface area contributed by atoms with E-state index in [1.807, 2.05) is 0 Å². The van der Waals surface area contributed by atoms with Crippen LogP contribution in [0.5, 0.6) is 0 Å². The molecule has 3 nitrogen and oxygen atoms in total. The summed E-state index contributed by atoms with van der Waals surface area (Å²) in [6.07, 6.45) is -4.70. The highest BCUT2D eigenvalue weighted by atomic mass is 35.5. The van der Waals surface area contributed by atoms with E-state index in [0.717, 1.165) is 19.2 Å². The van der Waals surface area contributed by atoms with Crippen LogP contribution in [0.1, 0.15) is 27.0 Å². The molecule has 0 radical (unpaired) electrons. The lowest BCUT2D eigenvalue weighted by Crippen LogP contribution is -2.13. The molecule has 0 bridgehead atoms. The number of esters is 1. The molecule has 0 saturated heterocycles. The predicted octanol–water partition coefficient (Wildman–Crippen LogP) is 3.10. The van der Waals surface area contributed by atoms with Gasteiger partial charge >= 0.3 is 12.1 Å². The van der Waals surface area contributed by atoms with Crippen molar-refractivity contribution in [3.05, 3.63) is 34.4 Å². The fraction of sp³-hybridized carbons (Fsp3) is 0.273. The Balaban J connectivity index is 3.56. The van der Waals surface area contributed by atoms with Crippen LogP contribution in [-0.4, -0.2) is 13.1 Å². The fourth-order valence-corrected chi connectivity index (χ4v) is 1.68. The van der Waals surface area contributed by atoms with Gasteiger partial charge in [0, 0.05) is 5.88 Å². The number of hydrogen-bond donors (Lipinski definition) is 0. The van der Waals surface area contributed by atoms with E-state index in [9.17, 15) is 18.0 Å². The van der Waals surface area contributed by atoms with Crippen LogP contribution >= 0.6 is 11.6 Å². The minimum absolute atomic E-state index is 0.141. The highest BCUT2D eigenvalue weighted by Crippen LogP contribution is 2.36.